The molecule has 0 unspecified atom stereocenters. The minimum absolute atomic E-state index is 0.0676. The van der Waals surface area contributed by atoms with Gasteiger partial charge in [-0.15, -0.1) is 5.10 Å². The van der Waals surface area contributed by atoms with Gasteiger partial charge in [-0.2, -0.15) is 0 Å². The Morgan fingerprint density at radius 2 is 1.62 bits per heavy atom. The van der Waals surface area contributed by atoms with Gasteiger partial charge >= 0.3 is 0 Å². The van der Waals surface area contributed by atoms with Crippen molar-refractivity contribution in [2.45, 2.75) is 45.6 Å². The maximum absolute atomic E-state index is 12.8. The van der Waals surface area contributed by atoms with Gasteiger partial charge in [-0.05, 0) is 31.4 Å². The monoisotopic (exact) mass is 559 g/mol. The van der Waals surface area contributed by atoms with Crippen LogP contribution in [0.1, 0.15) is 38.2 Å². The van der Waals surface area contributed by atoms with E-state index >= 15 is 0 Å². The molecular formula is C28H45N7O5. The second kappa shape index (κ2) is 18.9. The normalized spacial score (nSPS) is 11.0. The molecule has 12 heteroatoms. The van der Waals surface area contributed by atoms with E-state index < -0.39 is 5.91 Å². The van der Waals surface area contributed by atoms with Crippen molar-refractivity contribution in [1.29, 1.82) is 0 Å². The second-order valence-corrected chi connectivity index (χ2v) is 9.63. The van der Waals surface area contributed by atoms with Crippen LogP contribution in [-0.4, -0.2) is 109 Å². The zero-order valence-electron chi connectivity index (χ0n) is 24.1. The van der Waals surface area contributed by atoms with Crippen molar-refractivity contribution in [3.8, 4) is 11.3 Å². The van der Waals surface area contributed by atoms with Gasteiger partial charge in [0.15, 0.2) is 0 Å². The molecule has 0 saturated carbocycles. The first kappa shape index (κ1) is 32.9. The highest BCUT2D eigenvalue weighted by Gasteiger charge is 2.22. The molecule has 0 bridgehead atoms. The average molecular weight is 560 g/mol. The number of benzene rings is 1. The summed E-state index contributed by atoms with van der Waals surface area (Å²) in [7, 11) is 3.03. The van der Waals surface area contributed by atoms with E-state index in [-0.39, 0.29) is 57.8 Å². The molecule has 0 radical (unpaired) electrons. The van der Waals surface area contributed by atoms with Gasteiger partial charge in [-0.3, -0.25) is 19.1 Å². The number of carbonyl (C=O) groups is 3. The van der Waals surface area contributed by atoms with Crippen LogP contribution in [0.5, 0.6) is 0 Å². The number of unbranched alkanes of at least 4 members (excludes halogenated alkanes) is 2. The molecule has 0 aliphatic heterocycles. The minimum atomic E-state index is -0.629. The highest BCUT2D eigenvalue weighted by Crippen LogP contribution is 2.18. The van der Waals surface area contributed by atoms with Crippen LogP contribution in [-0.2, 0) is 36.8 Å². The standard InChI is InChI=1S/C28H45N7O5/c1-4-5-6-8-23-9-11-24(12-10-23)25-20-35(32-31-25)14-7-13-30-19-27(37)34(16-18-40-3)22-28(38)33(15-17-39-2)21-26(29)36/h9-12,20,30H,4-8,13-19,21-22H2,1-3H3,(H2,29,36). The van der Waals surface area contributed by atoms with E-state index in [1.807, 2.05) is 6.20 Å². The number of rotatable bonds is 21. The Morgan fingerprint density at radius 1 is 0.950 bits per heavy atom. The minimum Gasteiger partial charge on any atom is -0.383 e. The molecule has 1 aromatic heterocycles. The third-order valence-electron chi connectivity index (χ3n) is 6.38. The first-order valence-electron chi connectivity index (χ1n) is 13.9. The SMILES string of the molecule is CCCCCc1ccc(-c2cn(CCCNCC(=O)N(CCOC)CC(=O)N(CCOC)CC(N)=O)nn2)cc1. The Bertz CT molecular complexity index is 1030. The average Bonchev–Trinajstić information content (AvgIpc) is 3.42. The van der Waals surface area contributed by atoms with E-state index in [0.717, 1.165) is 24.1 Å². The van der Waals surface area contributed by atoms with Crippen molar-refractivity contribution < 1.29 is 23.9 Å². The van der Waals surface area contributed by atoms with Gasteiger partial charge in [-0.1, -0.05) is 49.2 Å². The van der Waals surface area contributed by atoms with Crippen LogP contribution < -0.4 is 11.1 Å². The lowest BCUT2D eigenvalue weighted by atomic mass is 10.0. The van der Waals surface area contributed by atoms with Crippen LogP contribution in [0.15, 0.2) is 30.5 Å². The summed E-state index contributed by atoms with van der Waals surface area (Å²) in [6.07, 6.45) is 7.44. The Kier molecular flexibility index (Phi) is 15.5. The molecular weight excluding hydrogens is 514 g/mol. The first-order chi connectivity index (χ1) is 19.4. The van der Waals surface area contributed by atoms with Crippen molar-refractivity contribution in [1.82, 2.24) is 30.1 Å². The Labute approximate surface area is 237 Å². The summed E-state index contributed by atoms with van der Waals surface area (Å²) in [4.78, 5) is 39.7. The Balaban J connectivity index is 1.79. The molecule has 0 atom stereocenters. The zero-order chi connectivity index (χ0) is 29.2. The molecule has 3 amide bonds. The molecule has 40 heavy (non-hydrogen) atoms. The molecule has 0 aliphatic rings. The number of methoxy groups -OCH3 is 2. The summed E-state index contributed by atoms with van der Waals surface area (Å²) in [5.74, 6) is -1.25. The summed E-state index contributed by atoms with van der Waals surface area (Å²) in [6, 6.07) is 8.49. The third-order valence-corrected chi connectivity index (χ3v) is 6.38. The zero-order valence-corrected chi connectivity index (χ0v) is 24.1. The number of primary amides is 1. The van der Waals surface area contributed by atoms with Crippen LogP contribution >= 0.6 is 0 Å². The van der Waals surface area contributed by atoms with Gasteiger partial charge in [0.25, 0.3) is 0 Å². The van der Waals surface area contributed by atoms with Crippen LogP contribution in [0, 0.1) is 0 Å². The smallest absolute Gasteiger partial charge is 0.242 e. The van der Waals surface area contributed by atoms with Crippen molar-refractivity contribution in [3.63, 3.8) is 0 Å². The third kappa shape index (κ3) is 12.2. The molecule has 12 nitrogen and oxygen atoms in total. The quantitative estimate of drug-likeness (QED) is 0.216. The van der Waals surface area contributed by atoms with Gasteiger partial charge in [0, 0.05) is 39.4 Å². The van der Waals surface area contributed by atoms with Crippen molar-refractivity contribution >= 4 is 17.7 Å². The fourth-order valence-corrected chi connectivity index (χ4v) is 4.07. The summed E-state index contributed by atoms with van der Waals surface area (Å²) in [6.45, 7) is 4.09. The fraction of sp³-hybridized carbons (Fsp3) is 0.607. The number of hydrogen-bond donors (Lipinski definition) is 2. The maximum atomic E-state index is 12.8. The first-order valence-corrected chi connectivity index (χ1v) is 13.9. The second-order valence-electron chi connectivity index (χ2n) is 9.63. The van der Waals surface area contributed by atoms with Crippen molar-refractivity contribution in [3.05, 3.63) is 36.0 Å². The molecule has 1 aromatic carbocycles. The van der Waals surface area contributed by atoms with Crippen molar-refractivity contribution in [2.75, 3.05) is 66.7 Å². The molecule has 222 valence electrons. The molecule has 2 aromatic rings. The van der Waals surface area contributed by atoms with Crippen LogP contribution in [0.2, 0.25) is 0 Å². The van der Waals surface area contributed by atoms with Crippen molar-refractivity contribution in [2.24, 2.45) is 5.73 Å². The topological polar surface area (TPSA) is 145 Å². The molecule has 2 rings (SSSR count). The number of aromatic nitrogens is 3. The number of nitrogens with two attached hydrogens (primary N) is 1. The van der Waals surface area contributed by atoms with E-state index in [4.69, 9.17) is 15.2 Å². The van der Waals surface area contributed by atoms with E-state index in [2.05, 4.69) is 46.8 Å². The van der Waals surface area contributed by atoms with E-state index in [9.17, 15) is 14.4 Å². The summed E-state index contributed by atoms with van der Waals surface area (Å²) in [5.41, 5.74) is 8.48. The highest BCUT2D eigenvalue weighted by atomic mass is 16.5. The predicted molar refractivity (Wildman–Crippen MR) is 152 cm³/mol. The largest absolute Gasteiger partial charge is 0.383 e. The molecule has 0 aliphatic carbocycles. The lowest BCUT2D eigenvalue weighted by Gasteiger charge is -2.27. The van der Waals surface area contributed by atoms with Gasteiger partial charge in [0.05, 0.1) is 39.0 Å². The molecule has 0 spiro atoms. The number of carbonyl (C=O) groups excluding carboxylic acids is 3. The molecule has 0 saturated heterocycles. The number of amides is 3. The number of nitrogens with zero attached hydrogens (tertiary/aromatic N) is 5. The van der Waals surface area contributed by atoms with E-state index in [1.54, 1.807) is 4.68 Å². The van der Waals surface area contributed by atoms with E-state index in [0.29, 0.717) is 13.1 Å². The van der Waals surface area contributed by atoms with Crippen LogP contribution in [0.3, 0.4) is 0 Å². The number of nitrogens with one attached hydrogen (secondary N) is 1. The lowest BCUT2D eigenvalue weighted by Crippen LogP contribution is -2.49. The van der Waals surface area contributed by atoms with Gasteiger partial charge in [-0.25, -0.2) is 0 Å². The number of aryl methyl sites for hydroxylation is 2. The Morgan fingerprint density at radius 3 is 2.25 bits per heavy atom. The summed E-state index contributed by atoms with van der Waals surface area (Å²) >= 11 is 0. The Hall–Kier alpha value is -3.35. The number of hydrogen-bond acceptors (Lipinski definition) is 8. The molecule has 3 N–H and O–H groups in total. The number of ether oxygens (including phenoxy) is 2. The molecule has 1 heterocycles. The van der Waals surface area contributed by atoms with Crippen LogP contribution in [0.4, 0.5) is 0 Å². The fourth-order valence-electron chi connectivity index (χ4n) is 4.07. The predicted octanol–water partition coefficient (Wildman–Crippen LogP) is 1.09. The van der Waals surface area contributed by atoms with E-state index in [1.165, 1.54) is 48.8 Å². The van der Waals surface area contributed by atoms with Gasteiger partial charge < -0.3 is 30.3 Å². The summed E-state index contributed by atoms with van der Waals surface area (Å²) in [5, 5.41) is 11.7. The van der Waals surface area contributed by atoms with Gasteiger partial charge in [0.2, 0.25) is 17.7 Å². The van der Waals surface area contributed by atoms with Gasteiger partial charge in [0.1, 0.15) is 5.69 Å². The lowest BCUT2D eigenvalue weighted by molar-refractivity contribution is -0.142. The highest BCUT2D eigenvalue weighted by molar-refractivity contribution is 5.88. The molecule has 0 fully saturated rings. The van der Waals surface area contributed by atoms with Crippen LogP contribution in [0.25, 0.3) is 11.3 Å². The maximum Gasteiger partial charge on any atom is 0.242 e. The summed E-state index contributed by atoms with van der Waals surface area (Å²) < 4.78 is 11.9.